The van der Waals surface area contributed by atoms with Crippen molar-refractivity contribution in [3.8, 4) is 5.75 Å². The van der Waals surface area contributed by atoms with Gasteiger partial charge in [-0.2, -0.15) is 0 Å². The fraction of sp³-hybridized carbons (Fsp3) is 0.130. The molecular weight excluding hydrogens is 386 g/mol. The molecule has 0 spiro atoms. The Labute approximate surface area is 173 Å². The molecule has 0 saturated heterocycles. The zero-order chi connectivity index (χ0) is 20.4. The van der Waals surface area contributed by atoms with E-state index < -0.39 is 0 Å². The number of benzene rings is 2. The number of fused-ring (bicyclic) bond motifs is 1. The smallest absolute Gasteiger partial charge is 0.259 e. The van der Waals surface area contributed by atoms with Gasteiger partial charge in [-0.3, -0.25) is 4.79 Å². The topological polar surface area (TPSA) is 55.6 Å². The van der Waals surface area contributed by atoms with E-state index in [2.05, 4.69) is 10.3 Å². The van der Waals surface area contributed by atoms with Crippen LogP contribution in [0.2, 0.25) is 5.02 Å². The number of rotatable bonds is 5. The predicted molar refractivity (Wildman–Crippen MR) is 115 cm³/mol. The number of aromatic nitrogens is 2. The quantitative estimate of drug-likeness (QED) is 0.481. The van der Waals surface area contributed by atoms with Gasteiger partial charge in [-0.1, -0.05) is 35.9 Å². The Hall–Kier alpha value is -3.31. The Kier molecular flexibility index (Phi) is 5.23. The van der Waals surface area contributed by atoms with Crippen molar-refractivity contribution in [2.24, 2.45) is 0 Å². The number of nitrogens with zero attached hydrogens (tertiary/aromatic N) is 2. The summed E-state index contributed by atoms with van der Waals surface area (Å²) in [5, 5.41) is 3.52. The third kappa shape index (κ3) is 3.96. The summed E-state index contributed by atoms with van der Waals surface area (Å²) in [6, 6.07) is 16.6. The Morgan fingerprint density at radius 1 is 1.10 bits per heavy atom. The zero-order valence-corrected chi connectivity index (χ0v) is 16.9. The van der Waals surface area contributed by atoms with Crippen LogP contribution in [-0.4, -0.2) is 15.3 Å². The summed E-state index contributed by atoms with van der Waals surface area (Å²) in [5.41, 5.74) is 4.73. The van der Waals surface area contributed by atoms with Crippen LogP contribution < -0.4 is 10.1 Å². The summed E-state index contributed by atoms with van der Waals surface area (Å²) in [5.74, 6) is 0.246. The van der Waals surface area contributed by atoms with Gasteiger partial charge in [0, 0.05) is 23.1 Å². The van der Waals surface area contributed by atoms with E-state index in [1.54, 1.807) is 30.3 Å². The molecule has 1 amide bonds. The van der Waals surface area contributed by atoms with E-state index in [1.165, 1.54) is 0 Å². The molecule has 4 rings (SSSR count). The van der Waals surface area contributed by atoms with E-state index >= 15 is 0 Å². The minimum Gasteiger partial charge on any atom is -0.486 e. The van der Waals surface area contributed by atoms with Crippen molar-refractivity contribution in [1.29, 1.82) is 0 Å². The van der Waals surface area contributed by atoms with Gasteiger partial charge >= 0.3 is 0 Å². The molecule has 6 heteroatoms. The van der Waals surface area contributed by atoms with Crippen molar-refractivity contribution in [3.05, 3.63) is 94.4 Å². The monoisotopic (exact) mass is 405 g/mol. The Morgan fingerprint density at radius 3 is 2.76 bits per heavy atom. The number of para-hydroxylation sites is 1. The van der Waals surface area contributed by atoms with Gasteiger partial charge in [0.1, 0.15) is 18.0 Å². The van der Waals surface area contributed by atoms with Crippen LogP contribution in [0.3, 0.4) is 0 Å². The minimum absolute atomic E-state index is 0.253. The second-order valence-electron chi connectivity index (χ2n) is 6.81. The number of aryl methyl sites for hydroxylation is 1. The number of hydrogen-bond donors (Lipinski definition) is 1. The summed E-state index contributed by atoms with van der Waals surface area (Å²) in [7, 11) is 0. The van der Waals surface area contributed by atoms with Gasteiger partial charge in [0.15, 0.2) is 0 Å². The lowest BCUT2D eigenvalue weighted by molar-refractivity contribution is 0.102. The molecule has 0 radical (unpaired) electrons. The Balaban J connectivity index is 1.54. The molecule has 0 atom stereocenters. The predicted octanol–water partition coefficient (Wildman–Crippen LogP) is 5.44. The number of carbonyl (C=O) groups is 1. The fourth-order valence-electron chi connectivity index (χ4n) is 3.14. The molecule has 0 bridgehead atoms. The first kappa shape index (κ1) is 19.0. The highest BCUT2D eigenvalue weighted by atomic mass is 35.5. The van der Waals surface area contributed by atoms with Gasteiger partial charge in [0.05, 0.1) is 11.3 Å². The van der Waals surface area contributed by atoms with Crippen LogP contribution in [0.4, 0.5) is 5.69 Å². The lowest BCUT2D eigenvalue weighted by atomic mass is 10.1. The highest BCUT2D eigenvalue weighted by Gasteiger charge is 2.15. The average molecular weight is 406 g/mol. The highest BCUT2D eigenvalue weighted by molar-refractivity contribution is 6.31. The van der Waals surface area contributed by atoms with Crippen molar-refractivity contribution in [2.75, 3.05) is 5.32 Å². The Morgan fingerprint density at radius 2 is 1.93 bits per heavy atom. The van der Waals surface area contributed by atoms with Gasteiger partial charge in [-0.15, -0.1) is 0 Å². The number of nitrogens with one attached hydrogen (secondary N) is 1. The number of hydrogen-bond acceptors (Lipinski definition) is 3. The van der Waals surface area contributed by atoms with Crippen LogP contribution in [0, 0.1) is 13.8 Å². The number of anilines is 1. The van der Waals surface area contributed by atoms with Crippen molar-refractivity contribution in [3.63, 3.8) is 0 Å². The van der Waals surface area contributed by atoms with Crippen molar-refractivity contribution < 1.29 is 9.53 Å². The van der Waals surface area contributed by atoms with Gasteiger partial charge < -0.3 is 14.5 Å². The molecule has 0 fully saturated rings. The molecule has 0 unspecified atom stereocenters. The maximum Gasteiger partial charge on any atom is 0.259 e. The summed E-state index contributed by atoms with van der Waals surface area (Å²) in [6.45, 7) is 4.15. The number of pyridine rings is 1. The summed E-state index contributed by atoms with van der Waals surface area (Å²) in [4.78, 5) is 17.5. The van der Waals surface area contributed by atoms with E-state index in [1.807, 2.05) is 54.9 Å². The van der Waals surface area contributed by atoms with E-state index in [0.29, 0.717) is 22.0 Å². The van der Waals surface area contributed by atoms with Crippen LogP contribution in [0.15, 0.2) is 67.0 Å². The molecular formula is C23H20ClN3O2. The molecule has 2 aromatic carbocycles. The zero-order valence-electron chi connectivity index (χ0n) is 16.1. The summed E-state index contributed by atoms with van der Waals surface area (Å²) in [6.07, 6.45) is 3.88. The van der Waals surface area contributed by atoms with Crippen LogP contribution in [0.25, 0.3) is 5.65 Å². The van der Waals surface area contributed by atoms with Gasteiger partial charge in [-0.05, 0) is 55.3 Å². The molecule has 0 aliphatic rings. The minimum atomic E-state index is -0.253. The van der Waals surface area contributed by atoms with Crippen molar-refractivity contribution in [2.45, 2.75) is 20.5 Å². The fourth-order valence-corrected chi connectivity index (χ4v) is 3.31. The molecule has 0 aliphatic carbocycles. The van der Waals surface area contributed by atoms with E-state index in [0.717, 1.165) is 22.5 Å². The maximum atomic E-state index is 12.8. The van der Waals surface area contributed by atoms with Crippen LogP contribution in [-0.2, 0) is 6.61 Å². The third-order valence-corrected chi connectivity index (χ3v) is 5.16. The second-order valence-corrected chi connectivity index (χ2v) is 7.21. The van der Waals surface area contributed by atoms with Gasteiger partial charge in [0.2, 0.25) is 0 Å². The normalized spacial score (nSPS) is 10.9. The van der Waals surface area contributed by atoms with Crippen LogP contribution in [0.1, 0.15) is 27.2 Å². The molecule has 0 aliphatic heterocycles. The standard InChI is InChI=1S/C23H20ClN3O2/c1-15-7-6-12-27-13-17(25-22(15)27)14-29-21-11-4-3-8-18(21)23(28)26-20-10-5-9-19(24)16(20)2/h3-13H,14H2,1-2H3,(H,26,28). The molecule has 146 valence electrons. The van der Waals surface area contributed by atoms with Gasteiger partial charge in [-0.25, -0.2) is 4.98 Å². The molecule has 1 N–H and O–H groups in total. The highest BCUT2D eigenvalue weighted by Crippen LogP contribution is 2.25. The first-order valence-electron chi connectivity index (χ1n) is 9.24. The van der Waals surface area contributed by atoms with E-state index in [4.69, 9.17) is 16.3 Å². The van der Waals surface area contributed by atoms with E-state index in [-0.39, 0.29) is 12.5 Å². The molecule has 2 heterocycles. The van der Waals surface area contributed by atoms with Crippen LogP contribution >= 0.6 is 11.6 Å². The number of halogens is 1. The maximum absolute atomic E-state index is 12.8. The summed E-state index contributed by atoms with van der Waals surface area (Å²) >= 11 is 6.15. The number of imidazole rings is 1. The Bertz CT molecular complexity index is 1200. The first-order valence-corrected chi connectivity index (χ1v) is 9.62. The lowest BCUT2D eigenvalue weighted by Crippen LogP contribution is -2.14. The van der Waals surface area contributed by atoms with Crippen molar-refractivity contribution in [1.82, 2.24) is 9.38 Å². The molecule has 5 nitrogen and oxygen atoms in total. The second kappa shape index (κ2) is 7.97. The van der Waals surface area contributed by atoms with Crippen molar-refractivity contribution >= 4 is 28.8 Å². The molecule has 29 heavy (non-hydrogen) atoms. The van der Waals surface area contributed by atoms with Gasteiger partial charge in [0.25, 0.3) is 5.91 Å². The molecule has 2 aromatic heterocycles. The number of amides is 1. The molecule has 4 aromatic rings. The SMILES string of the molecule is Cc1c(Cl)cccc1NC(=O)c1ccccc1OCc1cn2cccc(C)c2n1. The number of ether oxygens (including phenoxy) is 1. The first-order chi connectivity index (χ1) is 14.0. The van der Waals surface area contributed by atoms with E-state index in [9.17, 15) is 4.79 Å². The average Bonchev–Trinajstić information content (AvgIpc) is 3.15. The van der Waals surface area contributed by atoms with Crippen LogP contribution in [0.5, 0.6) is 5.75 Å². The lowest BCUT2D eigenvalue weighted by Gasteiger charge is -2.13. The third-order valence-electron chi connectivity index (χ3n) is 4.75. The largest absolute Gasteiger partial charge is 0.486 e. The summed E-state index contributed by atoms with van der Waals surface area (Å²) < 4.78 is 7.91. The number of carbonyl (C=O) groups excluding carboxylic acids is 1. The molecule has 0 saturated carbocycles.